The fourth-order valence-corrected chi connectivity index (χ4v) is 3.73. The number of rotatable bonds is 6. The van der Waals surface area contributed by atoms with Crippen LogP contribution in [0, 0.1) is 18.7 Å². The van der Waals surface area contributed by atoms with Gasteiger partial charge in [-0.25, -0.2) is 14.4 Å². The number of aromatic nitrogens is 2. The largest absolute Gasteiger partial charge is 0.367 e. The first-order valence-corrected chi connectivity index (χ1v) is 10.2. The SMILES string of the molecule is Cc1nc(NC2CCC(CNC(=O)c3ccc(F)c(Cl)c3)CC2)cc(N(C)C)n1. The molecule has 156 valence electrons. The van der Waals surface area contributed by atoms with Crippen LogP contribution in [0.3, 0.4) is 0 Å². The van der Waals surface area contributed by atoms with E-state index in [2.05, 4.69) is 20.6 Å². The second-order valence-electron chi connectivity index (χ2n) is 7.75. The van der Waals surface area contributed by atoms with Crippen LogP contribution in [-0.4, -0.2) is 42.6 Å². The molecule has 0 atom stereocenters. The average Bonchev–Trinajstić information content (AvgIpc) is 2.69. The molecule has 29 heavy (non-hydrogen) atoms. The van der Waals surface area contributed by atoms with Crippen molar-refractivity contribution in [2.45, 2.75) is 38.6 Å². The molecule has 1 aliphatic rings. The van der Waals surface area contributed by atoms with Gasteiger partial charge in [0.25, 0.3) is 5.91 Å². The van der Waals surface area contributed by atoms with Crippen molar-refractivity contribution in [3.05, 3.63) is 46.5 Å². The quantitative estimate of drug-likeness (QED) is 0.739. The van der Waals surface area contributed by atoms with Gasteiger partial charge in [-0.2, -0.15) is 0 Å². The number of anilines is 2. The van der Waals surface area contributed by atoms with Crippen LogP contribution >= 0.6 is 11.6 Å². The second-order valence-corrected chi connectivity index (χ2v) is 8.16. The second kappa shape index (κ2) is 9.39. The summed E-state index contributed by atoms with van der Waals surface area (Å²) in [5, 5.41) is 6.42. The smallest absolute Gasteiger partial charge is 0.251 e. The molecule has 1 aromatic heterocycles. The molecule has 1 heterocycles. The van der Waals surface area contributed by atoms with Crippen LogP contribution in [0.25, 0.3) is 0 Å². The minimum Gasteiger partial charge on any atom is -0.367 e. The van der Waals surface area contributed by atoms with Crippen LogP contribution in [0.1, 0.15) is 41.9 Å². The van der Waals surface area contributed by atoms with Gasteiger partial charge in [0.15, 0.2) is 0 Å². The highest BCUT2D eigenvalue weighted by atomic mass is 35.5. The first kappa shape index (κ1) is 21.3. The number of benzene rings is 1. The van der Waals surface area contributed by atoms with Crippen LogP contribution < -0.4 is 15.5 Å². The minimum atomic E-state index is -0.523. The topological polar surface area (TPSA) is 70.2 Å². The lowest BCUT2D eigenvalue weighted by Gasteiger charge is -2.29. The van der Waals surface area contributed by atoms with E-state index in [1.165, 1.54) is 18.2 Å². The van der Waals surface area contributed by atoms with E-state index in [0.717, 1.165) is 43.1 Å². The van der Waals surface area contributed by atoms with Gasteiger partial charge in [-0.1, -0.05) is 11.6 Å². The van der Waals surface area contributed by atoms with Gasteiger partial charge in [-0.15, -0.1) is 0 Å². The molecule has 3 rings (SSSR count). The molecule has 0 radical (unpaired) electrons. The van der Waals surface area contributed by atoms with Crippen molar-refractivity contribution >= 4 is 29.1 Å². The van der Waals surface area contributed by atoms with Gasteiger partial charge in [-0.3, -0.25) is 4.79 Å². The molecule has 6 nitrogen and oxygen atoms in total. The van der Waals surface area contributed by atoms with E-state index >= 15 is 0 Å². The molecule has 0 aliphatic heterocycles. The molecule has 0 saturated heterocycles. The summed E-state index contributed by atoms with van der Waals surface area (Å²) in [5.41, 5.74) is 0.377. The number of halogens is 2. The standard InChI is InChI=1S/C21H27ClFN5O/c1-13-25-19(11-20(26-13)28(2)3)27-16-7-4-14(5-8-16)12-24-21(29)15-6-9-18(23)17(22)10-15/h6,9-11,14,16H,4-5,7-8,12H2,1-3H3,(H,24,29)(H,25,26,27). The van der Waals surface area contributed by atoms with E-state index in [0.29, 0.717) is 24.1 Å². The molecule has 1 fully saturated rings. The van der Waals surface area contributed by atoms with Crippen molar-refractivity contribution in [1.29, 1.82) is 0 Å². The molecule has 0 unspecified atom stereocenters. The average molecular weight is 420 g/mol. The van der Waals surface area contributed by atoms with Gasteiger partial charge >= 0.3 is 0 Å². The summed E-state index contributed by atoms with van der Waals surface area (Å²) >= 11 is 5.75. The summed E-state index contributed by atoms with van der Waals surface area (Å²) in [7, 11) is 3.93. The maximum atomic E-state index is 13.2. The lowest BCUT2D eigenvalue weighted by atomic mass is 9.86. The number of hydrogen-bond acceptors (Lipinski definition) is 5. The Bertz CT molecular complexity index is 868. The van der Waals surface area contributed by atoms with E-state index in [-0.39, 0.29) is 10.9 Å². The third kappa shape index (κ3) is 5.79. The monoisotopic (exact) mass is 419 g/mol. The third-order valence-electron chi connectivity index (χ3n) is 5.21. The van der Waals surface area contributed by atoms with Crippen LogP contribution in [0.5, 0.6) is 0 Å². The van der Waals surface area contributed by atoms with Gasteiger partial charge in [0.05, 0.1) is 5.02 Å². The van der Waals surface area contributed by atoms with Gasteiger partial charge in [0.2, 0.25) is 0 Å². The Kier molecular flexibility index (Phi) is 6.90. The summed E-state index contributed by atoms with van der Waals surface area (Å²) in [4.78, 5) is 23.1. The van der Waals surface area contributed by atoms with Crippen molar-refractivity contribution in [3.8, 4) is 0 Å². The van der Waals surface area contributed by atoms with Gasteiger partial charge in [0, 0.05) is 38.3 Å². The molecular weight excluding hydrogens is 393 g/mol. The number of carbonyl (C=O) groups excluding carboxylic acids is 1. The van der Waals surface area contributed by atoms with Crippen molar-refractivity contribution in [2.24, 2.45) is 5.92 Å². The maximum Gasteiger partial charge on any atom is 0.251 e. The third-order valence-corrected chi connectivity index (χ3v) is 5.50. The molecule has 1 aliphatic carbocycles. The van der Waals surface area contributed by atoms with Crippen molar-refractivity contribution in [2.75, 3.05) is 30.9 Å². The molecule has 0 spiro atoms. The fourth-order valence-electron chi connectivity index (χ4n) is 3.55. The molecule has 2 aromatic rings. The number of amides is 1. The van der Waals surface area contributed by atoms with E-state index < -0.39 is 5.82 Å². The molecule has 1 amide bonds. The summed E-state index contributed by atoms with van der Waals surface area (Å²) < 4.78 is 13.2. The number of aryl methyl sites for hydroxylation is 1. The Labute approximate surface area is 175 Å². The molecule has 8 heteroatoms. The maximum absolute atomic E-state index is 13.2. The summed E-state index contributed by atoms with van der Waals surface area (Å²) in [6.45, 7) is 2.50. The Morgan fingerprint density at radius 1 is 1.21 bits per heavy atom. The van der Waals surface area contributed by atoms with Gasteiger partial charge in [-0.05, 0) is 56.7 Å². The highest BCUT2D eigenvalue weighted by molar-refractivity contribution is 6.31. The Morgan fingerprint density at radius 2 is 1.93 bits per heavy atom. The van der Waals surface area contributed by atoms with Crippen LogP contribution in [0.15, 0.2) is 24.3 Å². The van der Waals surface area contributed by atoms with Gasteiger partial charge < -0.3 is 15.5 Å². The molecule has 1 saturated carbocycles. The predicted octanol–water partition coefficient (Wildman–Crippen LogP) is 4.04. The number of nitrogens with zero attached hydrogens (tertiary/aromatic N) is 3. The molecule has 0 bridgehead atoms. The Hall–Kier alpha value is -2.41. The van der Waals surface area contributed by atoms with Crippen molar-refractivity contribution in [3.63, 3.8) is 0 Å². The molecular formula is C21H27ClFN5O. The first-order chi connectivity index (χ1) is 13.8. The van der Waals surface area contributed by atoms with Crippen LogP contribution in [0.4, 0.5) is 16.0 Å². The van der Waals surface area contributed by atoms with E-state index in [4.69, 9.17) is 11.6 Å². The zero-order valence-corrected chi connectivity index (χ0v) is 17.8. The minimum absolute atomic E-state index is 0.0402. The Morgan fingerprint density at radius 3 is 2.59 bits per heavy atom. The first-order valence-electron chi connectivity index (χ1n) is 9.84. The van der Waals surface area contributed by atoms with E-state index in [1.807, 2.05) is 32.0 Å². The molecule has 1 aromatic carbocycles. The van der Waals surface area contributed by atoms with Crippen LogP contribution in [-0.2, 0) is 0 Å². The number of carbonyl (C=O) groups is 1. The van der Waals surface area contributed by atoms with E-state index in [9.17, 15) is 9.18 Å². The Balaban J connectivity index is 1.47. The van der Waals surface area contributed by atoms with E-state index in [1.54, 1.807) is 0 Å². The summed E-state index contributed by atoms with van der Waals surface area (Å²) in [6.07, 6.45) is 4.08. The fraction of sp³-hybridized carbons (Fsp3) is 0.476. The predicted molar refractivity (Wildman–Crippen MR) is 114 cm³/mol. The number of nitrogens with one attached hydrogen (secondary N) is 2. The zero-order valence-electron chi connectivity index (χ0n) is 17.0. The molecule has 2 N–H and O–H groups in total. The number of hydrogen-bond donors (Lipinski definition) is 2. The van der Waals surface area contributed by atoms with Crippen LogP contribution in [0.2, 0.25) is 5.02 Å². The van der Waals surface area contributed by atoms with Crippen molar-refractivity contribution < 1.29 is 9.18 Å². The highest BCUT2D eigenvalue weighted by Gasteiger charge is 2.22. The lowest BCUT2D eigenvalue weighted by Crippen LogP contribution is -2.34. The van der Waals surface area contributed by atoms with Gasteiger partial charge in [0.1, 0.15) is 23.3 Å². The van der Waals surface area contributed by atoms with Crippen molar-refractivity contribution in [1.82, 2.24) is 15.3 Å². The highest BCUT2D eigenvalue weighted by Crippen LogP contribution is 2.26. The zero-order chi connectivity index (χ0) is 21.0. The summed E-state index contributed by atoms with van der Waals surface area (Å²) in [6, 6.07) is 6.35. The normalized spacial score (nSPS) is 18.9. The summed E-state index contributed by atoms with van der Waals surface area (Å²) in [5.74, 6) is 2.17. The lowest BCUT2D eigenvalue weighted by molar-refractivity contribution is 0.0943.